The van der Waals surface area contributed by atoms with Crippen molar-refractivity contribution in [2.75, 3.05) is 13.1 Å². The topological polar surface area (TPSA) is 186 Å². The van der Waals surface area contributed by atoms with Gasteiger partial charge in [-0.05, 0) is 23.0 Å². The van der Waals surface area contributed by atoms with E-state index in [0.29, 0.717) is 21.3 Å². The van der Waals surface area contributed by atoms with Gasteiger partial charge >= 0.3 is 22.5 Å². The zero-order chi connectivity index (χ0) is 26.0. The van der Waals surface area contributed by atoms with E-state index in [1.54, 1.807) is 0 Å². The molecule has 192 valence electrons. The van der Waals surface area contributed by atoms with Crippen LogP contribution in [0.4, 0.5) is 9.59 Å². The van der Waals surface area contributed by atoms with E-state index in [-0.39, 0.29) is 24.9 Å². The first-order chi connectivity index (χ1) is 16.2. The van der Waals surface area contributed by atoms with Gasteiger partial charge in [0.05, 0.1) is 13.1 Å². The van der Waals surface area contributed by atoms with Crippen molar-refractivity contribution in [2.24, 2.45) is 23.3 Å². The number of carbonyl (C=O) groups is 4. The smallest absolute Gasteiger partial charge is 0.368 e. The van der Waals surface area contributed by atoms with E-state index in [0.717, 1.165) is 9.80 Å². The Bertz CT molecular complexity index is 1070. The van der Waals surface area contributed by atoms with Gasteiger partial charge in [-0.25, -0.2) is 9.59 Å². The van der Waals surface area contributed by atoms with Gasteiger partial charge in [0.15, 0.2) is 0 Å². The Morgan fingerprint density at radius 1 is 0.829 bits per heavy atom. The average Bonchev–Trinajstić information content (AvgIpc) is 3.14. The zero-order valence-electron chi connectivity index (χ0n) is 19.7. The van der Waals surface area contributed by atoms with Crippen LogP contribution in [0.3, 0.4) is 0 Å². The molecule has 4 heterocycles. The number of rotatable bonds is 8. The highest BCUT2D eigenvalue weighted by molar-refractivity contribution is 7.81. The Hall–Kier alpha value is -3.17. The summed E-state index contributed by atoms with van der Waals surface area (Å²) in [7, 11) is -5.00. The van der Waals surface area contributed by atoms with Gasteiger partial charge in [-0.1, -0.05) is 39.8 Å². The van der Waals surface area contributed by atoms with Crippen LogP contribution in [0.25, 0.3) is 0 Å². The van der Waals surface area contributed by atoms with Crippen LogP contribution in [-0.4, -0.2) is 89.5 Å². The molecule has 0 aromatic rings. The number of hydrogen-bond acceptors (Lipinski definition) is 8. The maximum Gasteiger partial charge on any atom is 0.442 e. The first-order valence-corrected chi connectivity index (χ1v) is 12.4. The predicted octanol–water partition coefficient (Wildman–Crippen LogP) is -0.793. The second kappa shape index (κ2) is 8.49. The van der Waals surface area contributed by atoms with Crippen LogP contribution in [-0.2, 0) is 28.6 Å². The molecule has 0 radical (unpaired) electrons. The fourth-order valence-electron chi connectivity index (χ4n) is 4.91. The number of carbonyl (C=O) groups excluding carboxylic acids is 4. The largest absolute Gasteiger partial charge is 0.442 e. The maximum absolute atomic E-state index is 12.9. The summed E-state index contributed by atoms with van der Waals surface area (Å²) in [6, 6.07) is -5.48. The van der Waals surface area contributed by atoms with Crippen molar-refractivity contribution in [3.05, 3.63) is 23.3 Å². The monoisotopic (exact) mass is 512 g/mol. The standard InChI is InChI=1S/C20H28N6O8S/c1-9(2)11-5-13(17(21)27)23-7-15(11)25(19(23)29)33-35(31,32)34-26-16-8-24(20(26)30)14(18(22)28)6-12(16)10(3)4/h5-6,9-10,13-16H,7-8H2,1-4H3,(H2,21,27)(H2,22,28)/t13-,14-,15-,16-/m0/s1. The number of primary amides is 2. The summed E-state index contributed by atoms with van der Waals surface area (Å²) in [5.74, 6) is -1.84. The zero-order valence-corrected chi connectivity index (χ0v) is 20.5. The van der Waals surface area contributed by atoms with Crippen molar-refractivity contribution in [1.29, 1.82) is 0 Å². The molecule has 4 atom stereocenters. The Balaban J connectivity index is 1.58. The highest BCUT2D eigenvalue weighted by atomic mass is 32.3. The summed E-state index contributed by atoms with van der Waals surface area (Å²) in [6.45, 7) is 7.25. The van der Waals surface area contributed by atoms with Crippen molar-refractivity contribution in [3.8, 4) is 0 Å². The third kappa shape index (κ3) is 4.12. The second-order valence-corrected chi connectivity index (χ2v) is 10.6. The van der Waals surface area contributed by atoms with Crippen LogP contribution in [0.15, 0.2) is 23.3 Å². The van der Waals surface area contributed by atoms with Crippen LogP contribution in [0, 0.1) is 11.8 Å². The Morgan fingerprint density at radius 2 is 1.17 bits per heavy atom. The molecule has 0 aliphatic carbocycles. The summed E-state index contributed by atoms with van der Waals surface area (Å²) >= 11 is 0. The van der Waals surface area contributed by atoms with E-state index in [9.17, 15) is 27.6 Å². The van der Waals surface area contributed by atoms with Crippen molar-refractivity contribution < 1.29 is 36.2 Å². The van der Waals surface area contributed by atoms with Gasteiger partial charge in [0, 0.05) is 0 Å². The first-order valence-electron chi connectivity index (χ1n) is 11.1. The minimum atomic E-state index is -5.00. The number of urea groups is 2. The molecule has 4 rings (SSSR count). The SMILES string of the molecule is CC(C)C1=C[C@@H](C(N)=O)N2C[C@@H]1N(OS(=O)(=O)ON1C(=O)N3C[C@H]1C(C(C)C)=C[C@H]3C(N)=O)C2=O. The first kappa shape index (κ1) is 24.9. The molecule has 0 aromatic carbocycles. The Labute approximate surface area is 202 Å². The lowest BCUT2D eigenvalue weighted by molar-refractivity contribution is -0.121. The van der Waals surface area contributed by atoms with E-state index in [2.05, 4.69) is 0 Å². The fraction of sp³-hybridized carbons (Fsp3) is 0.600. The molecule has 0 unspecified atom stereocenters. The highest BCUT2D eigenvalue weighted by Gasteiger charge is 2.53. The quantitative estimate of drug-likeness (QED) is 0.396. The van der Waals surface area contributed by atoms with Gasteiger partial charge in [-0.15, -0.1) is 8.57 Å². The molecule has 15 heteroatoms. The fourth-order valence-corrected chi connectivity index (χ4v) is 5.67. The number of nitrogens with zero attached hydrogens (tertiary/aromatic N) is 4. The number of hydroxylamine groups is 4. The second-order valence-electron chi connectivity index (χ2n) is 9.45. The van der Waals surface area contributed by atoms with Crippen LogP contribution in [0.5, 0.6) is 0 Å². The van der Waals surface area contributed by atoms with Crippen molar-refractivity contribution in [3.63, 3.8) is 0 Å². The van der Waals surface area contributed by atoms with Gasteiger partial charge in [-0.3, -0.25) is 9.59 Å². The van der Waals surface area contributed by atoms with E-state index in [4.69, 9.17) is 20.0 Å². The van der Waals surface area contributed by atoms with E-state index in [1.807, 2.05) is 27.7 Å². The van der Waals surface area contributed by atoms with E-state index < -0.39 is 58.4 Å². The molecule has 14 nitrogen and oxygen atoms in total. The molecule has 4 aliphatic rings. The normalized spacial score (nSPS) is 28.3. The Morgan fingerprint density at radius 3 is 1.46 bits per heavy atom. The lowest BCUT2D eigenvalue weighted by atomic mass is 9.91. The summed E-state index contributed by atoms with van der Waals surface area (Å²) in [4.78, 5) is 51.8. The molecule has 4 aliphatic heterocycles. The molecule has 2 saturated heterocycles. The molecule has 0 aromatic heterocycles. The highest BCUT2D eigenvalue weighted by Crippen LogP contribution is 2.37. The molecule has 6 amide bonds. The third-order valence-electron chi connectivity index (χ3n) is 6.58. The van der Waals surface area contributed by atoms with Crippen molar-refractivity contribution >= 4 is 34.3 Å². The summed E-state index contributed by atoms with van der Waals surface area (Å²) in [5, 5.41) is 1.23. The molecule has 4 N–H and O–H groups in total. The average molecular weight is 513 g/mol. The van der Waals surface area contributed by atoms with Crippen LogP contribution in [0.2, 0.25) is 0 Å². The van der Waals surface area contributed by atoms with Crippen LogP contribution < -0.4 is 11.5 Å². The van der Waals surface area contributed by atoms with Crippen LogP contribution in [0.1, 0.15) is 27.7 Å². The van der Waals surface area contributed by atoms with E-state index >= 15 is 0 Å². The lowest BCUT2D eigenvalue weighted by Crippen LogP contribution is -2.47. The van der Waals surface area contributed by atoms with Crippen LogP contribution >= 0.6 is 0 Å². The molecule has 0 saturated carbocycles. The van der Waals surface area contributed by atoms with Crippen molar-refractivity contribution in [1.82, 2.24) is 19.9 Å². The molecular formula is C20H28N6O8S. The number of hydrogen-bond donors (Lipinski definition) is 2. The summed E-state index contributed by atoms with van der Waals surface area (Å²) in [6.07, 6.45) is 3.06. The summed E-state index contributed by atoms with van der Waals surface area (Å²) < 4.78 is 35.9. The number of fused-ring (bicyclic) bond motifs is 4. The van der Waals surface area contributed by atoms with Gasteiger partial charge in [0.1, 0.15) is 24.2 Å². The molecular weight excluding hydrogens is 484 g/mol. The Kier molecular flexibility index (Phi) is 6.05. The molecule has 0 spiro atoms. The lowest BCUT2D eigenvalue weighted by Gasteiger charge is -2.30. The molecule has 4 bridgehead atoms. The number of amides is 6. The van der Waals surface area contributed by atoms with Gasteiger partial charge < -0.3 is 21.3 Å². The predicted molar refractivity (Wildman–Crippen MR) is 118 cm³/mol. The number of nitrogens with two attached hydrogens (primary N) is 2. The van der Waals surface area contributed by atoms with E-state index in [1.165, 1.54) is 12.2 Å². The summed E-state index contributed by atoms with van der Waals surface area (Å²) in [5.41, 5.74) is 12.0. The van der Waals surface area contributed by atoms with Crippen molar-refractivity contribution in [2.45, 2.75) is 51.9 Å². The van der Waals surface area contributed by atoms with Gasteiger partial charge in [0.2, 0.25) is 11.8 Å². The molecule has 2 fully saturated rings. The third-order valence-corrected chi connectivity index (χ3v) is 7.26. The van der Waals surface area contributed by atoms with Gasteiger partial charge in [-0.2, -0.15) is 18.5 Å². The van der Waals surface area contributed by atoms with Gasteiger partial charge in [0.25, 0.3) is 0 Å². The maximum atomic E-state index is 12.9. The minimum absolute atomic E-state index is 0.00839. The minimum Gasteiger partial charge on any atom is -0.368 e. The molecule has 35 heavy (non-hydrogen) atoms.